The quantitative estimate of drug-likeness (QED) is 0.236. The summed E-state index contributed by atoms with van der Waals surface area (Å²) in [7, 11) is 1.62. The van der Waals surface area contributed by atoms with Gasteiger partial charge in [0.15, 0.2) is 0 Å². The van der Waals surface area contributed by atoms with Crippen LogP contribution in [0, 0.1) is 20.8 Å². The molecule has 0 aliphatic rings. The molecule has 2 heterocycles. The number of anilines is 1. The first-order valence-electron chi connectivity index (χ1n) is 12.4. The van der Waals surface area contributed by atoms with Crippen molar-refractivity contribution in [1.82, 2.24) is 15.3 Å². The lowest BCUT2D eigenvalue weighted by Crippen LogP contribution is -2.42. The number of methoxy groups -OCH3 is 1. The van der Waals surface area contributed by atoms with Gasteiger partial charge in [-0.05, 0) is 61.2 Å². The number of nitrogens with zero attached hydrogens (tertiary/aromatic N) is 1. The first-order chi connectivity index (χ1) is 18.2. The number of aryl methyl sites for hydroxylation is 3. The molecule has 4 N–H and O–H groups in total. The number of aromatic amines is 1. The van der Waals surface area contributed by atoms with Crippen molar-refractivity contribution in [2.24, 2.45) is 0 Å². The highest BCUT2D eigenvalue weighted by Crippen LogP contribution is 2.22. The van der Waals surface area contributed by atoms with Gasteiger partial charge in [-0.15, -0.1) is 0 Å². The number of benzene rings is 2. The summed E-state index contributed by atoms with van der Waals surface area (Å²) >= 11 is 0. The lowest BCUT2D eigenvalue weighted by Gasteiger charge is -2.17. The van der Waals surface area contributed by atoms with Gasteiger partial charge in [-0.25, -0.2) is 9.78 Å². The second kappa shape index (κ2) is 11.6. The van der Waals surface area contributed by atoms with Crippen LogP contribution in [0.2, 0.25) is 0 Å². The maximum Gasteiger partial charge on any atom is 0.326 e. The average Bonchev–Trinajstić information content (AvgIpc) is 3.36. The Morgan fingerprint density at radius 1 is 1.00 bits per heavy atom. The Morgan fingerprint density at radius 3 is 2.37 bits per heavy atom. The summed E-state index contributed by atoms with van der Waals surface area (Å²) in [6.07, 6.45) is 1.87. The van der Waals surface area contributed by atoms with Crippen LogP contribution in [0.25, 0.3) is 11.3 Å². The van der Waals surface area contributed by atoms with E-state index < -0.39 is 12.0 Å². The van der Waals surface area contributed by atoms with Gasteiger partial charge in [-0.3, -0.25) is 4.79 Å². The molecule has 0 fully saturated rings. The fourth-order valence-corrected chi connectivity index (χ4v) is 4.56. The van der Waals surface area contributed by atoms with Crippen LogP contribution in [0.1, 0.15) is 38.3 Å². The summed E-state index contributed by atoms with van der Waals surface area (Å²) in [5.74, 6) is 0.00930. The third-order valence-electron chi connectivity index (χ3n) is 6.39. The van der Waals surface area contributed by atoms with E-state index in [0.29, 0.717) is 12.1 Å². The van der Waals surface area contributed by atoms with Crippen LogP contribution in [0.5, 0.6) is 5.75 Å². The molecule has 0 saturated heterocycles. The van der Waals surface area contributed by atoms with Gasteiger partial charge in [-0.1, -0.05) is 42.0 Å². The molecule has 4 aromatic rings. The average molecular weight is 513 g/mol. The third kappa shape index (κ3) is 6.39. The third-order valence-corrected chi connectivity index (χ3v) is 6.39. The summed E-state index contributed by atoms with van der Waals surface area (Å²) in [5, 5.41) is 15.7. The van der Waals surface area contributed by atoms with Crippen LogP contribution in [0.15, 0.2) is 66.9 Å². The van der Waals surface area contributed by atoms with Crippen LogP contribution in [0.4, 0.5) is 5.82 Å². The summed E-state index contributed by atoms with van der Waals surface area (Å²) < 4.78 is 5.23. The van der Waals surface area contributed by atoms with Gasteiger partial charge >= 0.3 is 5.97 Å². The fourth-order valence-electron chi connectivity index (χ4n) is 4.56. The van der Waals surface area contributed by atoms with Crippen molar-refractivity contribution in [3.63, 3.8) is 0 Å². The van der Waals surface area contributed by atoms with Gasteiger partial charge in [0, 0.05) is 35.6 Å². The monoisotopic (exact) mass is 512 g/mol. The molecule has 8 heteroatoms. The van der Waals surface area contributed by atoms with Gasteiger partial charge in [0.05, 0.1) is 13.7 Å². The minimum atomic E-state index is -1.07. The van der Waals surface area contributed by atoms with Gasteiger partial charge in [0.1, 0.15) is 17.6 Å². The van der Waals surface area contributed by atoms with Crippen LogP contribution < -0.4 is 15.4 Å². The van der Waals surface area contributed by atoms with Crippen LogP contribution >= 0.6 is 0 Å². The predicted molar refractivity (Wildman–Crippen MR) is 148 cm³/mol. The number of hydrogen-bond donors (Lipinski definition) is 4. The Morgan fingerprint density at radius 2 is 1.71 bits per heavy atom. The molecular weight excluding hydrogens is 480 g/mol. The molecule has 0 bridgehead atoms. The number of rotatable bonds is 10. The topological polar surface area (TPSA) is 116 Å². The van der Waals surface area contributed by atoms with Crippen molar-refractivity contribution in [3.8, 4) is 17.0 Å². The zero-order chi connectivity index (χ0) is 27.2. The molecule has 1 unspecified atom stereocenters. The van der Waals surface area contributed by atoms with E-state index in [0.717, 1.165) is 50.8 Å². The number of pyridine rings is 1. The molecule has 0 aliphatic heterocycles. The second-order valence-corrected chi connectivity index (χ2v) is 9.37. The van der Waals surface area contributed by atoms with E-state index >= 15 is 0 Å². The van der Waals surface area contributed by atoms with E-state index in [9.17, 15) is 14.7 Å². The Balaban J connectivity index is 1.39. The summed E-state index contributed by atoms with van der Waals surface area (Å²) in [5.41, 5.74) is 6.96. The van der Waals surface area contributed by atoms with Gasteiger partial charge < -0.3 is 25.5 Å². The number of carboxylic acid groups (broad SMARTS) is 1. The molecule has 0 aliphatic carbocycles. The maximum atomic E-state index is 12.9. The first kappa shape index (κ1) is 26.5. The van der Waals surface area contributed by atoms with Crippen LogP contribution in [-0.2, 0) is 17.8 Å². The number of carboxylic acids is 1. The second-order valence-electron chi connectivity index (χ2n) is 9.37. The lowest BCUT2D eigenvalue weighted by atomic mass is 9.98. The highest BCUT2D eigenvalue weighted by molar-refractivity contribution is 5.99. The molecule has 2 aromatic heterocycles. The van der Waals surface area contributed by atoms with Crippen molar-refractivity contribution < 1.29 is 19.4 Å². The van der Waals surface area contributed by atoms with Gasteiger partial charge in [0.2, 0.25) is 0 Å². The van der Waals surface area contributed by atoms with E-state index in [2.05, 4.69) is 20.6 Å². The number of aromatic nitrogens is 2. The van der Waals surface area contributed by atoms with E-state index in [1.165, 1.54) is 0 Å². The number of amides is 1. The van der Waals surface area contributed by atoms with E-state index in [1.807, 2.05) is 75.4 Å². The molecule has 4 rings (SSSR count). The number of H-pyrrole nitrogens is 1. The standard InChI is InChI=1S/C30H32N4O4/c1-18-13-19(2)28(20(3)14-18)29(35)34-26(30(36)37)15-21-5-7-22(8-6-21)25-10-9-23(33-25)17-32-27-16-24(38-4)11-12-31-27/h5-14,16,26,33H,15,17H2,1-4H3,(H,31,32)(H,34,35)(H,36,37). The highest BCUT2D eigenvalue weighted by atomic mass is 16.5. The largest absolute Gasteiger partial charge is 0.497 e. The first-order valence-corrected chi connectivity index (χ1v) is 12.4. The smallest absolute Gasteiger partial charge is 0.326 e. The highest BCUT2D eigenvalue weighted by Gasteiger charge is 2.23. The zero-order valence-corrected chi connectivity index (χ0v) is 22.0. The maximum absolute atomic E-state index is 12.9. The van der Waals surface area contributed by atoms with Crippen LogP contribution in [0.3, 0.4) is 0 Å². The minimum Gasteiger partial charge on any atom is -0.497 e. The van der Waals surface area contributed by atoms with Crippen LogP contribution in [-0.4, -0.2) is 40.1 Å². The Hall–Kier alpha value is -4.59. The van der Waals surface area contributed by atoms with Crippen molar-refractivity contribution in [1.29, 1.82) is 0 Å². The molecule has 0 radical (unpaired) electrons. The number of ether oxygens (including phenoxy) is 1. The number of nitrogens with one attached hydrogen (secondary N) is 3. The zero-order valence-electron chi connectivity index (χ0n) is 22.0. The predicted octanol–water partition coefficient (Wildman–Crippen LogP) is 5.05. The van der Waals surface area contributed by atoms with Gasteiger partial charge in [-0.2, -0.15) is 0 Å². The molecular formula is C30H32N4O4. The van der Waals surface area contributed by atoms with Gasteiger partial charge in [0.25, 0.3) is 5.91 Å². The molecule has 0 spiro atoms. The number of hydrogen-bond acceptors (Lipinski definition) is 5. The Kier molecular flexibility index (Phi) is 8.11. The summed E-state index contributed by atoms with van der Waals surface area (Å²) in [6.45, 7) is 6.26. The normalized spacial score (nSPS) is 11.6. The van der Waals surface area contributed by atoms with Crippen molar-refractivity contribution in [2.45, 2.75) is 39.8 Å². The fraction of sp³-hybridized carbons (Fsp3) is 0.233. The van der Waals surface area contributed by atoms with E-state index in [-0.39, 0.29) is 12.3 Å². The molecule has 1 atom stereocenters. The molecule has 196 valence electrons. The van der Waals surface area contributed by atoms with E-state index in [1.54, 1.807) is 19.4 Å². The number of aliphatic carboxylic acids is 1. The molecule has 1 amide bonds. The van der Waals surface area contributed by atoms with Crippen molar-refractivity contribution in [3.05, 3.63) is 100 Å². The summed E-state index contributed by atoms with van der Waals surface area (Å²) in [4.78, 5) is 32.6. The lowest BCUT2D eigenvalue weighted by molar-refractivity contribution is -0.139. The number of carbonyl (C=O) groups excluding carboxylic acids is 1. The molecule has 8 nitrogen and oxygen atoms in total. The molecule has 0 saturated carbocycles. The van der Waals surface area contributed by atoms with Crippen molar-refractivity contribution in [2.75, 3.05) is 12.4 Å². The SMILES string of the molecule is COc1ccnc(NCc2ccc(-c3ccc(CC(NC(=O)c4c(C)cc(C)cc4C)C(=O)O)cc3)[nH]2)c1. The van der Waals surface area contributed by atoms with Crippen molar-refractivity contribution >= 4 is 17.7 Å². The van der Waals surface area contributed by atoms with E-state index in [4.69, 9.17) is 4.74 Å². The molecule has 38 heavy (non-hydrogen) atoms. The minimum absolute atomic E-state index is 0.179. The Labute approximate surface area is 222 Å². The summed E-state index contributed by atoms with van der Waals surface area (Å²) in [6, 6.07) is 18.1. The Bertz CT molecular complexity index is 1420. The number of carbonyl (C=O) groups is 2. The molecule has 2 aromatic carbocycles.